The van der Waals surface area contributed by atoms with Gasteiger partial charge in [-0.05, 0) is 210 Å². The zero-order valence-electron chi connectivity index (χ0n) is 58.8. The second-order valence-electron chi connectivity index (χ2n) is 25.6. The molecular formula is C85H76FN9O6S3. The molecular weight excluding hydrogens is 1360 g/mol. The molecule has 0 aliphatic carbocycles. The number of ether oxygens (including phenoxy) is 3. The monoisotopic (exact) mass is 1430 g/mol. The average Bonchev–Trinajstić information content (AvgIpc) is 1.63. The highest BCUT2D eigenvalue weighted by molar-refractivity contribution is 7.23. The summed E-state index contributed by atoms with van der Waals surface area (Å²) < 4.78 is 37.9. The van der Waals surface area contributed by atoms with Gasteiger partial charge in [0.2, 0.25) is 0 Å². The maximum Gasteiger partial charge on any atom is 0.173 e. The molecule has 15 rings (SSSR count). The molecule has 6 heterocycles. The van der Waals surface area contributed by atoms with Crippen molar-refractivity contribution in [2.45, 2.75) is 80.1 Å². The van der Waals surface area contributed by atoms with Crippen molar-refractivity contribution in [1.29, 1.82) is 0 Å². The van der Waals surface area contributed by atoms with Crippen molar-refractivity contribution >= 4 is 101 Å². The molecule has 0 aliphatic heterocycles. The predicted molar refractivity (Wildman–Crippen MR) is 423 cm³/mol. The summed E-state index contributed by atoms with van der Waals surface area (Å²) in [5, 5.41) is 55.4. The number of fused-ring (bicyclic) bond motifs is 3. The maximum atomic E-state index is 13.7. The number of thiophene rings is 3. The van der Waals surface area contributed by atoms with Crippen molar-refractivity contribution in [2.24, 2.45) is 7.05 Å². The Hall–Kier alpha value is -11.8. The summed E-state index contributed by atoms with van der Waals surface area (Å²) in [5.41, 5.74) is 9.65. The van der Waals surface area contributed by atoms with Gasteiger partial charge in [-0.2, -0.15) is 10.2 Å². The van der Waals surface area contributed by atoms with E-state index < -0.39 is 0 Å². The lowest BCUT2D eigenvalue weighted by molar-refractivity contribution is 0.475. The summed E-state index contributed by atoms with van der Waals surface area (Å²) in [5.74, 6) is 10.3. The minimum absolute atomic E-state index is 0.192. The largest absolute Gasteiger partial charge is 0.508 e. The molecule has 0 spiro atoms. The van der Waals surface area contributed by atoms with E-state index in [-0.39, 0.29) is 23.1 Å². The molecule has 9 aromatic carbocycles. The standard InChI is InChI=1S/C30H29N3O2S.C28H25N3O2S.C27H22FN3O2S/c1-4-7-27-31-28(33-32-27)17-12-20-10-14-22(15-11-20)35-29-25-16-13-21(34)18-26(25)36-30(29)24-9-6-5-8-23(24)19(2)3;1-17(2)22-6-4-5-7-23(22)28-27(24-14-11-20(32)16-25(24)34-28)33-21-12-8-19(9-13-21)10-15-26-29-18(3)30-31-26;1-16-14-19(28)7-11-22(16)27-26(23-12-8-20(32)15-24(23)34-27)33-21-9-4-18(5-10-21)6-13-25-30-29-17(2)31(25)3/h5-6,8-19,34H,4,7H2,1-3H3,(H,31,32,33);4-17,32H,1-3H3,(H,29,30,31);4-15,32H,1-3H3/b17-12+;15-10+;13-6+. The highest BCUT2D eigenvalue weighted by atomic mass is 32.1. The minimum Gasteiger partial charge on any atom is -0.508 e. The number of nitrogens with one attached hydrogen (secondary N) is 2. The smallest absolute Gasteiger partial charge is 0.173 e. The number of hydrogen-bond donors (Lipinski definition) is 5. The quantitative estimate of drug-likeness (QED) is 0.0513. The first-order valence-electron chi connectivity index (χ1n) is 34.1. The Labute approximate surface area is 614 Å². The van der Waals surface area contributed by atoms with Crippen LogP contribution in [0.1, 0.15) is 121 Å². The van der Waals surface area contributed by atoms with Gasteiger partial charge < -0.3 is 34.1 Å². The molecule has 6 aromatic heterocycles. The van der Waals surface area contributed by atoms with E-state index in [1.54, 1.807) is 65.1 Å². The van der Waals surface area contributed by atoms with Crippen LogP contribution >= 0.6 is 34.0 Å². The Bertz CT molecular complexity index is 5620. The lowest BCUT2D eigenvalue weighted by Crippen LogP contribution is -1.93. The normalized spacial score (nSPS) is 11.6. The van der Waals surface area contributed by atoms with Crippen LogP contribution in [0.4, 0.5) is 4.39 Å². The van der Waals surface area contributed by atoms with Crippen LogP contribution in [0.25, 0.3) is 98.0 Å². The van der Waals surface area contributed by atoms with Crippen molar-refractivity contribution in [2.75, 3.05) is 0 Å². The summed E-state index contributed by atoms with van der Waals surface area (Å²) >= 11 is 4.79. The molecule has 19 heteroatoms. The lowest BCUT2D eigenvalue weighted by Gasteiger charge is -2.14. The van der Waals surface area contributed by atoms with Gasteiger partial charge in [0.25, 0.3) is 0 Å². The van der Waals surface area contributed by atoms with E-state index in [2.05, 4.69) is 124 Å². The molecule has 0 aliphatic rings. The third kappa shape index (κ3) is 16.4. The number of benzene rings is 9. The molecule has 104 heavy (non-hydrogen) atoms. The molecule has 0 amide bonds. The van der Waals surface area contributed by atoms with E-state index in [0.717, 1.165) is 143 Å². The van der Waals surface area contributed by atoms with Gasteiger partial charge in [0.1, 0.15) is 57.8 Å². The van der Waals surface area contributed by atoms with Crippen molar-refractivity contribution in [3.8, 4) is 83.1 Å². The Morgan fingerprint density at radius 2 is 0.894 bits per heavy atom. The molecule has 15 nitrogen and oxygen atoms in total. The number of phenols is 3. The summed E-state index contributed by atoms with van der Waals surface area (Å²) in [6.07, 6.45) is 13.6. The van der Waals surface area contributed by atoms with Gasteiger partial charge in [0, 0.05) is 43.7 Å². The molecule has 0 bridgehead atoms. The van der Waals surface area contributed by atoms with Crippen LogP contribution in [0.3, 0.4) is 0 Å². The van der Waals surface area contributed by atoms with E-state index in [4.69, 9.17) is 14.2 Å². The number of hydrogen-bond acceptors (Lipinski definition) is 15. The van der Waals surface area contributed by atoms with Crippen LogP contribution in [0.15, 0.2) is 194 Å². The van der Waals surface area contributed by atoms with E-state index in [0.29, 0.717) is 35.0 Å². The van der Waals surface area contributed by atoms with Gasteiger partial charge in [-0.3, -0.25) is 10.2 Å². The number of H-pyrrole nitrogens is 2. The summed E-state index contributed by atoms with van der Waals surface area (Å²) in [6, 6.07) is 61.4. The molecule has 0 saturated carbocycles. The van der Waals surface area contributed by atoms with Gasteiger partial charge in [-0.25, -0.2) is 14.4 Å². The fourth-order valence-corrected chi connectivity index (χ4v) is 15.5. The number of aromatic hydroxyl groups is 3. The minimum atomic E-state index is -0.275. The Morgan fingerprint density at radius 1 is 0.471 bits per heavy atom. The molecule has 0 unspecified atom stereocenters. The maximum absolute atomic E-state index is 13.7. The molecule has 0 fully saturated rings. The third-order valence-corrected chi connectivity index (χ3v) is 20.8. The van der Waals surface area contributed by atoms with Gasteiger partial charge in [0.05, 0.1) is 14.6 Å². The average molecular weight is 1430 g/mol. The van der Waals surface area contributed by atoms with Gasteiger partial charge in [-0.1, -0.05) is 144 Å². The van der Waals surface area contributed by atoms with Crippen LogP contribution in [-0.4, -0.2) is 60.4 Å². The first-order valence-corrected chi connectivity index (χ1v) is 36.6. The van der Waals surface area contributed by atoms with E-state index in [9.17, 15) is 19.7 Å². The van der Waals surface area contributed by atoms with Crippen molar-refractivity contribution in [3.05, 3.63) is 268 Å². The topological polar surface area (TPSA) is 202 Å². The van der Waals surface area contributed by atoms with Crippen molar-refractivity contribution in [1.82, 2.24) is 45.1 Å². The Morgan fingerprint density at radius 3 is 1.30 bits per heavy atom. The highest BCUT2D eigenvalue weighted by Crippen LogP contribution is 2.52. The SMILES string of the molecule is CCCc1nc(/C=C/c2ccc(Oc3c(-c4ccccc4C(C)C)sc4cc(O)ccc34)cc2)n[nH]1.Cc1cc(F)ccc1-c1sc2cc(O)ccc2c1Oc1ccc(/C=C/c2nnc(C)n2C)cc1.Cc1nc(/C=C/c2ccc(Oc3c(-c4ccccc4C(C)C)sc4cc(O)ccc34)cc2)n[nH]1. The lowest BCUT2D eigenvalue weighted by atomic mass is 9.96. The first-order chi connectivity index (χ1) is 50.4. The number of nitrogens with zero attached hydrogens (tertiary/aromatic N) is 7. The number of aromatic amines is 2. The summed E-state index contributed by atoms with van der Waals surface area (Å²) in [7, 11) is 1.93. The Kier molecular flexibility index (Phi) is 21.5. The molecule has 0 radical (unpaired) electrons. The number of halogens is 1. The highest BCUT2D eigenvalue weighted by Gasteiger charge is 2.24. The summed E-state index contributed by atoms with van der Waals surface area (Å²) in [4.78, 5) is 11.8. The molecule has 0 atom stereocenters. The van der Waals surface area contributed by atoms with Crippen LogP contribution in [0.5, 0.6) is 51.7 Å². The van der Waals surface area contributed by atoms with Gasteiger partial charge >= 0.3 is 0 Å². The second kappa shape index (κ2) is 31.6. The van der Waals surface area contributed by atoms with Crippen LogP contribution in [0.2, 0.25) is 0 Å². The molecule has 0 saturated heterocycles. The summed E-state index contributed by atoms with van der Waals surface area (Å²) in [6.45, 7) is 16.6. The van der Waals surface area contributed by atoms with Gasteiger partial charge in [0.15, 0.2) is 34.7 Å². The third-order valence-electron chi connectivity index (χ3n) is 17.3. The number of aryl methyl sites for hydroxylation is 4. The molecule has 15 aromatic rings. The predicted octanol–water partition coefficient (Wildman–Crippen LogP) is 23.3. The molecule has 5 N–H and O–H groups in total. The van der Waals surface area contributed by atoms with E-state index >= 15 is 0 Å². The van der Waals surface area contributed by atoms with E-state index in [1.165, 1.54) is 34.6 Å². The Balaban J connectivity index is 0.000000139. The van der Waals surface area contributed by atoms with Gasteiger partial charge in [-0.15, -0.1) is 44.2 Å². The van der Waals surface area contributed by atoms with Crippen LogP contribution in [-0.2, 0) is 13.5 Å². The number of phenolic OH excluding ortho intramolecular Hbond substituents is 3. The van der Waals surface area contributed by atoms with Crippen molar-refractivity contribution in [3.63, 3.8) is 0 Å². The molecule has 522 valence electrons. The van der Waals surface area contributed by atoms with Crippen LogP contribution in [0, 0.1) is 26.6 Å². The zero-order chi connectivity index (χ0) is 72.5. The number of aromatic nitrogens is 9. The zero-order valence-corrected chi connectivity index (χ0v) is 61.3. The first kappa shape index (κ1) is 70.7. The fourth-order valence-electron chi connectivity index (χ4n) is 11.9. The number of rotatable bonds is 19. The van der Waals surface area contributed by atoms with Crippen molar-refractivity contribution < 1.29 is 33.9 Å². The van der Waals surface area contributed by atoms with Crippen LogP contribution < -0.4 is 14.2 Å². The fraction of sp³-hybridized carbons (Fsp3) is 0.153. The van der Waals surface area contributed by atoms with E-state index in [1.807, 2.05) is 160 Å². The second-order valence-corrected chi connectivity index (χ2v) is 28.8.